The third-order valence-electron chi connectivity index (χ3n) is 3.04. The topological polar surface area (TPSA) is 183 Å². The standard InChI is InChI=1S/C8H8BrN5O3.C7H8O3S/c9-7-3-6(14(16)17)2-1-5(7)4-12-13(15)8(10)11;1-6-2-4-7(5-3-6)11(8,9)10/h1-4,15H,(H3,10,11);2-5H,1H3,(H,8,9,10)/b12-4+;. The highest BCUT2D eigenvalue weighted by atomic mass is 79.9. The molecule has 5 N–H and O–H groups in total. The van der Waals surface area contributed by atoms with Crippen molar-refractivity contribution in [3.05, 3.63) is 68.2 Å². The van der Waals surface area contributed by atoms with E-state index in [2.05, 4.69) is 21.0 Å². The molecule has 0 aliphatic rings. The minimum atomic E-state index is -4.02. The summed E-state index contributed by atoms with van der Waals surface area (Å²) in [6.45, 7) is 1.84. The Kier molecular flexibility index (Phi) is 8.18. The third-order valence-corrected chi connectivity index (χ3v) is 4.59. The maximum absolute atomic E-state index is 10.5. The van der Waals surface area contributed by atoms with Gasteiger partial charge in [0, 0.05) is 22.2 Å². The summed E-state index contributed by atoms with van der Waals surface area (Å²) in [5.41, 5.74) is 6.33. The Hall–Kier alpha value is -2.87. The molecule has 28 heavy (non-hydrogen) atoms. The zero-order valence-electron chi connectivity index (χ0n) is 14.4. The number of aryl methyl sites for hydroxylation is 1. The van der Waals surface area contributed by atoms with Crippen molar-refractivity contribution in [3.63, 3.8) is 0 Å². The van der Waals surface area contributed by atoms with Crippen molar-refractivity contribution in [2.45, 2.75) is 11.8 Å². The molecule has 0 heterocycles. The molecule has 2 aromatic carbocycles. The molecule has 0 fully saturated rings. The number of hydrazone groups is 1. The van der Waals surface area contributed by atoms with Gasteiger partial charge in [-0.25, -0.2) is 0 Å². The van der Waals surface area contributed by atoms with Crippen LogP contribution in [-0.4, -0.2) is 40.4 Å². The monoisotopic (exact) mass is 473 g/mol. The average Bonchev–Trinajstić information content (AvgIpc) is 2.60. The largest absolute Gasteiger partial charge is 0.367 e. The molecule has 2 rings (SSSR count). The lowest BCUT2D eigenvalue weighted by atomic mass is 10.2. The van der Waals surface area contributed by atoms with Gasteiger partial charge in [0.1, 0.15) is 0 Å². The summed E-state index contributed by atoms with van der Waals surface area (Å²) < 4.78 is 30.0. The maximum Gasteiger partial charge on any atom is 0.294 e. The minimum Gasteiger partial charge on any atom is -0.367 e. The van der Waals surface area contributed by atoms with Gasteiger partial charge in [0.05, 0.1) is 16.0 Å². The number of hydrogen-bond donors (Lipinski definition) is 4. The van der Waals surface area contributed by atoms with Crippen molar-refractivity contribution in [3.8, 4) is 0 Å². The number of halogens is 1. The molecule has 11 nitrogen and oxygen atoms in total. The van der Waals surface area contributed by atoms with Gasteiger partial charge in [0.25, 0.3) is 15.8 Å². The Morgan fingerprint density at radius 3 is 2.32 bits per heavy atom. The van der Waals surface area contributed by atoms with Gasteiger partial charge in [0.15, 0.2) is 0 Å². The van der Waals surface area contributed by atoms with Gasteiger partial charge in [-0.2, -0.15) is 13.5 Å². The Balaban J connectivity index is 0.000000307. The van der Waals surface area contributed by atoms with Crippen molar-refractivity contribution in [1.82, 2.24) is 5.17 Å². The van der Waals surface area contributed by atoms with Crippen molar-refractivity contribution < 1.29 is 23.1 Å². The number of nitrogens with one attached hydrogen (secondary N) is 1. The maximum atomic E-state index is 10.5. The van der Waals surface area contributed by atoms with Gasteiger partial charge < -0.3 is 5.73 Å². The quantitative estimate of drug-likeness (QED) is 0.171. The van der Waals surface area contributed by atoms with Gasteiger partial charge in [-0.05, 0) is 41.1 Å². The van der Waals surface area contributed by atoms with E-state index in [1.807, 2.05) is 6.92 Å². The number of benzene rings is 2. The summed E-state index contributed by atoms with van der Waals surface area (Å²) >= 11 is 3.12. The Bertz CT molecular complexity index is 994. The predicted molar refractivity (Wildman–Crippen MR) is 105 cm³/mol. The Morgan fingerprint density at radius 1 is 1.32 bits per heavy atom. The molecule has 0 bridgehead atoms. The van der Waals surface area contributed by atoms with Crippen LogP contribution in [0.1, 0.15) is 11.1 Å². The van der Waals surface area contributed by atoms with E-state index in [0.717, 1.165) is 5.56 Å². The molecule has 150 valence electrons. The number of hydrogen-bond acceptors (Lipinski definition) is 7. The van der Waals surface area contributed by atoms with E-state index in [-0.39, 0.29) is 15.8 Å². The zero-order chi connectivity index (χ0) is 21.5. The highest BCUT2D eigenvalue weighted by molar-refractivity contribution is 9.10. The van der Waals surface area contributed by atoms with Crippen molar-refractivity contribution in [1.29, 1.82) is 5.41 Å². The summed E-state index contributed by atoms with van der Waals surface area (Å²) in [6.07, 6.45) is 1.20. The van der Waals surface area contributed by atoms with Crippen molar-refractivity contribution in [2.24, 2.45) is 10.8 Å². The number of non-ortho nitro benzene ring substituents is 1. The van der Waals surface area contributed by atoms with Crippen LogP contribution in [0.4, 0.5) is 5.69 Å². The van der Waals surface area contributed by atoms with Crippen LogP contribution in [0.25, 0.3) is 0 Å². The fraction of sp³-hybridized carbons (Fsp3) is 0.0667. The minimum absolute atomic E-state index is 0.0666. The number of nitro groups is 1. The number of nitrogens with zero attached hydrogens (tertiary/aromatic N) is 3. The van der Waals surface area contributed by atoms with Crippen LogP contribution in [0.5, 0.6) is 0 Å². The van der Waals surface area contributed by atoms with Gasteiger partial charge in [-0.15, -0.1) is 5.17 Å². The Morgan fingerprint density at radius 2 is 1.89 bits per heavy atom. The number of hydroxylamine groups is 1. The van der Waals surface area contributed by atoms with Crippen molar-refractivity contribution in [2.75, 3.05) is 0 Å². The SMILES string of the molecule is Cc1ccc(S(=O)(=O)O)cc1.N=C(N)N(O)/N=C/c1ccc([N+](=O)[O-])cc1Br. The van der Waals surface area contributed by atoms with Gasteiger partial charge in [0.2, 0.25) is 5.96 Å². The molecule has 0 saturated heterocycles. The first-order valence-electron chi connectivity index (χ1n) is 7.27. The fourth-order valence-electron chi connectivity index (χ4n) is 1.62. The first-order chi connectivity index (χ1) is 12.9. The molecule has 0 amide bonds. The summed E-state index contributed by atoms with van der Waals surface area (Å²) in [7, 11) is -4.02. The second kappa shape index (κ2) is 9.89. The third kappa shape index (κ3) is 7.40. The molecule has 0 aliphatic heterocycles. The van der Waals surface area contributed by atoms with Crippen LogP contribution >= 0.6 is 15.9 Å². The fourth-order valence-corrected chi connectivity index (χ4v) is 2.57. The summed E-state index contributed by atoms with van der Waals surface area (Å²) in [5, 5.41) is 29.9. The van der Waals surface area contributed by atoms with E-state index in [4.69, 9.17) is 20.9 Å². The molecular weight excluding hydrogens is 458 g/mol. The molecule has 13 heteroatoms. The van der Waals surface area contributed by atoms with Crippen LogP contribution in [0.3, 0.4) is 0 Å². The normalized spacial score (nSPS) is 10.9. The molecular formula is C15H16BrN5O6S. The van der Waals surface area contributed by atoms with E-state index in [0.29, 0.717) is 10.0 Å². The molecule has 0 atom stereocenters. The smallest absolute Gasteiger partial charge is 0.294 e. The molecule has 0 aliphatic carbocycles. The molecule has 0 unspecified atom stereocenters. The lowest BCUT2D eigenvalue weighted by Gasteiger charge is -2.06. The van der Waals surface area contributed by atoms with Gasteiger partial charge >= 0.3 is 0 Å². The van der Waals surface area contributed by atoms with E-state index < -0.39 is 21.0 Å². The number of rotatable bonds is 4. The number of nitro benzene ring substituents is 1. The van der Waals surface area contributed by atoms with E-state index in [9.17, 15) is 18.5 Å². The van der Waals surface area contributed by atoms with E-state index in [1.165, 1.54) is 36.5 Å². The summed E-state index contributed by atoms with van der Waals surface area (Å²) in [4.78, 5) is 9.88. The number of nitrogens with two attached hydrogens (primary N) is 1. The molecule has 0 radical (unpaired) electrons. The van der Waals surface area contributed by atoms with E-state index in [1.54, 1.807) is 12.1 Å². The molecule has 0 aromatic heterocycles. The summed E-state index contributed by atoms with van der Waals surface area (Å²) in [5.74, 6) is -0.640. The van der Waals surface area contributed by atoms with Crippen molar-refractivity contribution >= 4 is 43.9 Å². The Labute approximate surface area is 168 Å². The van der Waals surface area contributed by atoms with E-state index >= 15 is 0 Å². The highest BCUT2D eigenvalue weighted by Gasteiger charge is 2.08. The molecule has 0 spiro atoms. The van der Waals surface area contributed by atoms with Gasteiger partial charge in [-0.3, -0.25) is 25.3 Å². The molecule has 0 saturated carbocycles. The van der Waals surface area contributed by atoms with Gasteiger partial charge in [-0.1, -0.05) is 17.7 Å². The lowest BCUT2D eigenvalue weighted by molar-refractivity contribution is -0.384. The lowest BCUT2D eigenvalue weighted by Crippen LogP contribution is -2.28. The zero-order valence-corrected chi connectivity index (χ0v) is 16.8. The second-order valence-electron chi connectivity index (χ2n) is 5.17. The second-order valence-corrected chi connectivity index (χ2v) is 7.45. The van der Waals surface area contributed by atoms with Crippen LogP contribution < -0.4 is 5.73 Å². The highest BCUT2D eigenvalue weighted by Crippen LogP contribution is 2.21. The number of guanidine groups is 1. The first-order valence-corrected chi connectivity index (χ1v) is 9.50. The molecule has 2 aromatic rings. The first kappa shape index (κ1) is 23.2. The average molecular weight is 474 g/mol. The van der Waals surface area contributed by atoms with Crippen LogP contribution in [-0.2, 0) is 10.1 Å². The predicted octanol–water partition coefficient (Wildman–Crippen LogP) is 2.52. The van der Waals surface area contributed by atoms with Crippen LogP contribution in [0, 0.1) is 22.4 Å². The van der Waals surface area contributed by atoms with Crippen LogP contribution in [0.2, 0.25) is 0 Å². The van der Waals surface area contributed by atoms with Crippen LogP contribution in [0.15, 0.2) is 56.9 Å². The summed E-state index contributed by atoms with van der Waals surface area (Å²) in [6, 6.07) is 10.0.